The van der Waals surface area contributed by atoms with Crippen LogP contribution in [0, 0.1) is 0 Å². The van der Waals surface area contributed by atoms with Crippen LogP contribution >= 0.6 is 0 Å². The van der Waals surface area contributed by atoms with Crippen LogP contribution in [0.3, 0.4) is 0 Å². The number of hydrogen-bond donors (Lipinski definition) is 1. The summed E-state index contributed by atoms with van der Waals surface area (Å²) in [7, 11) is 2.15. The first-order chi connectivity index (χ1) is 7.39. The molecule has 2 heteroatoms. The fraction of sp³-hybridized carbons (Fsp3) is 0.692. The maximum Gasteiger partial charge on any atom is 0.0104 e. The number of hydrogen-bond acceptors (Lipinski definition) is 2. The van der Waals surface area contributed by atoms with E-state index in [2.05, 4.69) is 41.6 Å². The lowest BCUT2D eigenvalue weighted by molar-refractivity contribution is 0.291. The summed E-state index contributed by atoms with van der Waals surface area (Å²) in [5.41, 5.74) is 0. The molecule has 0 aromatic carbocycles. The SMILES string of the molecule is C1=CCCC=C1.CC.CN1CCNCC1. The van der Waals surface area contributed by atoms with Crippen LogP contribution in [0.2, 0.25) is 0 Å². The van der Waals surface area contributed by atoms with Crippen molar-refractivity contribution in [1.29, 1.82) is 0 Å². The van der Waals surface area contributed by atoms with Crippen molar-refractivity contribution in [2.24, 2.45) is 0 Å². The van der Waals surface area contributed by atoms with E-state index in [-0.39, 0.29) is 0 Å². The average molecular weight is 210 g/mol. The first-order valence-corrected chi connectivity index (χ1v) is 6.10. The van der Waals surface area contributed by atoms with Crippen LogP contribution in [0.1, 0.15) is 26.7 Å². The van der Waals surface area contributed by atoms with Crippen molar-refractivity contribution in [3.05, 3.63) is 24.3 Å². The van der Waals surface area contributed by atoms with Gasteiger partial charge >= 0.3 is 0 Å². The first kappa shape index (κ1) is 14.4. The smallest absolute Gasteiger partial charge is 0.0104 e. The second-order valence-electron chi connectivity index (χ2n) is 3.49. The van der Waals surface area contributed by atoms with Crippen LogP contribution < -0.4 is 5.32 Å². The molecule has 0 aromatic rings. The Morgan fingerprint density at radius 2 is 1.40 bits per heavy atom. The van der Waals surface area contributed by atoms with Crippen LogP contribution in [0.4, 0.5) is 0 Å². The minimum absolute atomic E-state index is 1.16. The Morgan fingerprint density at radius 1 is 0.933 bits per heavy atom. The molecule has 15 heavy (non-hydrogen) atoms. The summed E-state index contributed by atoms with van der Waals surface area (Å²) >= 11 is 0. The highest BCUT2D eigenvalue weighted by Crippen LogP contribution is 1.98. The first-order valence-electron chi connectivity index (χ1n) is 6.10. The number of allylic oxidation sites excluding steroid dienone is 4. The summed E-state index contributed by atoms with van der Waals surface area (Å²) in [6.07, 6.45) is 11.0. The van der Waals surface area contributed by atoms with Crippen LogP contribution in [0.5, 0.6) is 0 Å². The number of nitrogens with one attached hydrogen (secondary N) is 1. The molecule has 0 amide bonds. The Balaban J connectivity index is 0.000000227. The number of piperazine rings is 1. The highest BCUT2D eigenvalue weighted by molar-refractivity contribution is 5.07. The van der Waals surface area contributed by atoms with Crippen molar-refractivity contribution >= 4 is 0 Å². The Hall–Kier alpha value is -0.600. The van der Waals surface area contributed by atoms with Crippen molar-refractivity contribution in [3.63, 3.8) is 0 Å². The molecule has 1 heterocycles. The van der Waals surface area contributed by atoms with Gasteiger partial charge in [-0.15, -0.1) is 0 Å². The molecule has 1 aliphatic carbocycles. The Kier molecular flexibility index (Phi) is 11.0. The van der Waals surface area contributed by atoms with Crippen LogP contribution in [0.25, 0.3) is 0 Å². The summed E-state index contributed by atoms with van der Waals surface area (Å²) < 4.78 is 0. The van der Waals surface area contributed by atoms with Gasteiger partial charge < -0.3 is 10.2 Å². The summed E-state index contributed by atoms with van der Waals surface area (Å²) in [6.45, 7) is 8.74. The third-order valence-corrected chi connectivity index (χ3v) is 2.22. The third kappa shape index (κ3) is 9.70. The Bertz CT molecular complexity index is 155. The summed E-state index contributed by atoms with van der Waals surface area (Å²) in [6, 6.07) is 0. The second kappa shape index (κ2) is 11.5. The number of nitrogens with zero attached hydrogens (tertiary/aromatic N) is 1. The van der Waals surface area contributed by atoms with Gasteiger partial charge in [0, 0.05) is 26.2 Å². The maximum absolute atomic E-state index is 3.27. The van der Waals surface area contributed by atoms with Crippen LogP contribution in [-0.4, -0.2) is 38.1 Å². The fourth-order valence-corrected chi connectivity index (χ4v) is 1.32. The average Bonchev–Trinajstić information content (AvgIpc) is 2.36. The summed E-state index contributed by atoms with van der Waals surface area (Å²) in [5.74, 6) is 0. The van der Waals surface area contributed by atoms with E-state index in [4.69, 9.17) is 0 Å². The van der Waals surface area contributed by atoms with Crippen LogP contribution in [-0.2, 0) is 0 Å². The van der Waals surface area contributed by atoms with Gasteiger partial charge in [0.2, 0.25) is 0 Å². The zero-order valence-electron chi connectivity index (χ0n) is 10.5. The van der Waals surface area contributed by atoms with Gasteiger partial charge in [-0.3, -0.25) is 0 Å². The molecule has 0 aromatic heterocycles. The van der Waals surface area contributed by atoms with E-state index in [9.17, 15) is 0 Å². The molecule has 1 aliphatic heterocycles. The van der Waals surface area contributed by atoms with Gasteiger partial charge in [-0.2, -0.15) is 0 Å². The zero-order valence-corrected chi connectivity index (χ0v) is 10.5. The van der Waals surface area contributed by atoms with Gasteiger partial charge in [-0.1, -0.05) is 38.2 Å². The van der Waals surface area contributed by atoms with Gasteiger partial charge in [0.05, 0.1) is 0 Å². The Morgan fingerprint density at radius 3 is 1.60 bits per heavy atom. The minimum Gasteiger partial charge on any atom is -0.314 e. The van der Waals surface area contributed by atoms with Crippen molar-refractivity contribution < 1.29 is 0 Å². The van der Waals surface area contributed by atoms with E-state index in [1.165, 1.54) is 25.9 Å². The highest BCUT2D eigenvalue weighted by Gasteiger charge is 2.01. The zero-order chi connectivity index (χ0) is 11.4. The molecule has 0 spiro atoms. The largest absolute Gasteiger partial charge is 0.314 e. The van der Waals surface area contributed by atoms with Gasteiger partial charge in [-0.25, -0.2) is 0 Å². The Labute approximate surface area is 95.0 Å². The molecule has 0 unspecified atom stereocenters. The van der Waals surface area contributed by atoms with E-state index in [0.29, 0.717) is 0 Å². The molecule has 1 saturated heterocycles. The normalized spacial score (nSPS) is 19.7. The lowest BCUT2D eigenvalue weighted by atomic mass is 10.2. The molecule has 2 aliphatic rings. The van der Waals surface area contributed by atoms with E-state index in [0.717, 1.165) is 13.1 Å². The predicted molar refractivity (Wildman–Crippen MR) is 69.2 cm³/mol. The molecule has 1 fully saturated rings. The molecule has 0 radical (unpaired) electrons. The monoisotopic (exact) mass is 210 g/mol. The van der Waals surface area contributed by atoms with E-state index < -0.39 is 0 Å². The highest BCUT2D eigenvalue weighted by atomic mass is 15.2. The van der Waals surface area contributed by atoms with Crippen molar-refractivity contribution in [2.45, 2.75) is 26.7 Å². The van der Waals surface area contributed by atoms with Crippen molar-refractivity contribution in [2.75, 3.05) is 33.2 Å². The molecule has 0 saturated carbocycles. The van der Waals surface area contributed by atoms with Gasteiger partial charge in [0.15, 0.2) is 0 Å². The number of likely N-dealkylation sites (N-methyl/N-ethyl adjacent to an activating group) is 1. The summed E-state index contributed by atoms with van der Waals surface area (Å²) in [4.78, 5) is 2.33. The van der Waals surface area contributed by atoms with Gasteiger partial charge in [-0.05, 0) is 19.9 Å². The van der Waals surface area contributed by atoms with E-state index in [1.54, 1.807) is 0 Å². The van der Waals surface area contributed by atoms with Gasteiger partial charge in [0.25, 0.3) is 0 Å². The molecule has 88 valence electrons. The molecular weight excluding hydrogens is 184 g/mol. The second-order valence-corrected chi connectivity index (χ2v) is 3.49. The van der Waals surface area contributed by atoms with Crippen LogP contribution in [0.15, 0.2) is 24.3 Å². The van der Waals surface area contributed by atoms with Gasteiger partial charge in [0.1, 0.15) is 0 Å². The molecule has 1 N–H and O–H groups in total. The predicted octanol–water partition coefficient (Wildman–Crippen LogP) is 2.44. The quantitative estimate of drug-likeness (QED) is 0.660. The molecule has 0 atom stereocenters. The molecule has 2 nitrogen and oxygen atoms in total. The number of rotatable bonds is 0. The maximum atomic E-state index is 3.27. The third-order valence-electron chi connectivity index (χ3n) is 2.22. The lowest BCUT2D eigenvalue weighted by Gasteiger charge is -2.21. The topological polar surface area (TPSA) is 15.3 Å². The van der Waals surface area contributed by atoms with E-state index >= 15 is 0 Å². The lowest BCUT2D eigenvalue weighted by Crippen LogP contribution is -2.40. The fourth-order valence-electron chi connectivity index (χ4n) is 1.32. The van der Waals surface area contributed by atoms with Crippen molar-refractivity contribution in [3.8, 4) is 0 Å². The minimum atomic E-state index is 1.16. The molecule has 0 bridgehead atoms. The molecule has 2 rings (SSSR count). The molecular formula is C13H26N2. The summed E-state index contributed by atoms with van der Waals surface area (Å²) in [5, 5.41) is 3.27. The van der Waals surface area contributed by atoms with E-state index in [1.807, 2.05) is 13.8 Å². The van der Waals surface area contributed by atoms with Crippen molar-refractivity contribution in [1.82, 2.24) is 10.2 Å². The standard InChI is InChI=1S/C6H8.C5H12N2.C2H6/c1-2-4-6-5-3-1;1-7-4-2-6-3-5-7;1-2/h1-4H,5-6H2;6H,2-5H2,1H3;1-2H3.